The van der Waals surface area contributed by atoms with E-state index in [4.69, 9.17) is 16.3 Å². The van der Waals surface area contributed by atoms with E-state index in [9.17, 15) is 9.59 Å². The lowest BCUT2D eigenvalue weighted by atomic mass is 10.1. The number of nitrogens with one attached hydrogen (secondary N) is 2. The van der Waals surface area contributed by atoms with Gasteiger partial charge in [-0.3, -0.25) is 9.59 Å². The number of carbonyl (C=O) groups excluding carboxylic acids is 2. The van der Waals surface area contributed by atoms with Crippen molar-refractivity contribution in [2.45, 2.75) is 0 Å². The van der Waals surface area contributed by atoms with Gasteiger partial charge in [0.15, 0.2) is 6.61 Å². The standard InChI is InChI=1S/C17H16ClN3O3/c1-21(2)11-5-3-4-10(6-11)17(23)20-13-8-15-14(7-12(13)18)19-16(22)9-24-15/h3-8H,9H2,1-2H3,(H,19,22)(H,20,23). The topological polar surface area (TPSA) is 70.7 Å². The fraction of sp³-hybridized carbons (Fsp3) is 0.176. The maximum Gasteiger partial charge on any atom is 0.262 e. The summed E-state index contributed by atoms with van der Waals surface area (Å²) in [5.41, 5.74) is 2.35. The average Bonchev–Trinajstić information content (AvgIpc) is 2.55. The minimum Gasteiger partial charge on any atom is -0.482 e. The summed E-state index contributed by atoms with van der Waals surface area (Å²) in [4.78, 5) is 25.7. The highest BCUT2D eigenvalue weighted by molar-refractivity contribution is 6.34. The van der Waals surface area contributed by atoms with E-state index in [-0.39, 0.29) is 18.4 Å². The molecule has 2 aromatic rings. The highest BCUT2D eigenvalue weighted by Crippen LogP contribution is 2.36. The third-order valence-electron chi connectivity index (χ3n) is 3.58. The maximum atomic E-state index is 12.5. The number of halogens is 1. The second kappa shape index (κ2) is 6.41. The van der Waals surface area contributed by atoms with Gasteiger partial charge in [0.25, 0.3) is 11.8 Å². The van der Waals surface area contributed by atoms with Crippen LogP contribution in [0.25, 0.3) is 0 Å². The van der Waals surface area contributed by atoms with Gasteiger partial charge in [0.2, 0.25) is 0 Å². The van der Waals surface area contributed by atoms with E-state index in [1.54, 1.807) is 24.3 Å². The molecule has 0 bridgehead atoms. The van der Waals surface area contributed by atoms with Crippen molar-refractivity contribution in [1.29, 1.82) is 0 Å². The zero-order chi connectivity index (χ0) is 17.3. The normalized spacial score (nSPS) is 12.7. The van der Waals surface area contributed by atoms with Gasteiger partial charge in [-0.2, -0.15) is 0 Å². The van der Waals surface area contributed by atoms with Crippen molar-refractivity contribution in [3.8, 4) is 5.75 Å². The Balaban J connectivity index is 1.84. The summed E-state index contributed by atoms with van der Waals surface area (Å²) in [6.45, 7) is -0.0626. The number of anilines is 3. The van der Waals surface area contributed by atoms with E-state index in [1.165, 1.54) is 0 Å². The Kier molecular flexibility index (Phi) is 4.31. The number of benzene rings is 2. The van der Waals surface area contributed by atoms with Crippen LogP contribution in [-0.2, 0) is 4.79 Å². The van der Waals surface area contributed by atoms with Crippen molar-refractivity contribution in [2.24, 2.45) is 0 Å². The van der Waals surface area contributed by atoms with Gasteiger partial charge < -0.3 is 20.3 Å². The van der Waals surface area contributed by atoms with Crippen LogP contribution in [0.15, 0.2) is 36.4 Å². The summed E-state index contributed by atoms with van der Waals surface area (Å²) in [6.07, 6.45) is 0. The van der Waals surface area contributed by atoms with Gasteiger partial charge in [0, 0.05) is 31.4 Å². The smallest absolute Gasteiger partial charge is 0.262 e. The number of hydrogen-bond acceptors (Lipinski definition) is 4. The number of fused-ring (bicyclic) bond motifs is 1. The van der Waals surface area contributed by atoms with Crippen LogP contribution in [0.5, 0.6) is 5.75 Å². The third-order valence-corrected chi connectivity index (χ3v) is 3.89. The lowest BCUT2D eigenvalue weighted by molar-refractivity contribution is -0.118. The molecule has 24 heavy (non-hydrogen) atoms. The van der Waals surface area contributed by atoms with Crippen LogP contribution >= 0.6 is 11.6 Å². The molecule has 0 fully saturated rings. The molecule has 2 amide bonds. The molecule has 0 radical (unpaired) electrons. The van der Waals surface area contributed by atoms with Gasteiger partial charge in [-0.1, -0.05) is 17.7 Å². The molecule has 3 rings (SSSR count). The Morgan fingerprint density at radius 1 is 1.29 bits per heavy atom. The van der Waals surface area contributed by atoms with Crippen LogP contribution in [0.3, 0.4) is 0 Å². The zero-order valence-corrected chi connectivity index (χ0v) is 14.0. The summed E-state index contributed by atoms with van der Waals surface area (Å²) in [6, 6.07) is 10.4. The van der Waals surface area contributed by atoms with Crippen LogP contribution in [0, 0.1) is 0 Å². The first-order valence-electron chi connectivity index (χ1n) is 7.29. The molecule has 1 heterocycles. The number of nitrogens with zero attached hydrogens (tertiary/aromatic N) is 1. The van der Waals surface area contributed by atoms with E-state index < -0.39 is 0 Å². The number of amides is 2. The van der Waals surface area contributed by atoms with E-state index in [1.807, 2.05) is 31.1 Å². The monoisotopic (exact) mass is 345 g/mol. The predicted molar refractivity (Wildman–Crippen MR) is 94.3 cm³/mol. The molecule has 0 saturated heterocycles. The van der Waals surface area contributed by atoms with Gasteiger partial charge in [0.1, 0.15) is 5.75 Å². The van der Waals surface area contributed by atoms with E-state index in [2.05, 4.69) is 10.6 Å². The second-order valence-electron chi connectivity index (χ2n) is 5.56. The molecule has 0 aliphatic carbocycles. The number of carbonyl (C=O) groups is 2. The zero-order valence-electron chi connectivity index (χ0n) is 13.2. The molecule has 0 atom stereocenters. The highest BCUT2D eigenvalue weighted by atomic mass is 35.5. The molecular formula is C17H16ClN3O3. The van der Waals surface area contributed by atoms with Gasteiger partial charge in [-0.05, 0) is 24.3 Å². The van der Waals surface area contributed by atoms with Crippen LogP contribution in [0.2, 0.25) is 5.02 Å². The fourth-order valence-corrected chi connectivity index (χ4v) is 2.53. The van der Waals surface area contributed by atoms with Crippen LogP contribution in [-0.4, -0.2) is 32.5 Å². The molecule has 0 spiro atoms. The Bertz CT molecular complexity index is 821. The first kappa shape index (κ1) is 16.1. The molecular weight excluding hydrogens is 330 g/mol. The van der Waals surface area contributed by atoms with E-state index in [0.717, 1.165) is 5.69 Å². The molecule has 0 saturated carbocycles. The van der Waals surface area contributed by atoms with Crippen molar-refractivity contribution in [3.05, 3.63) is 47.0 Å². The SMILES string of the molecule is CN(C)c1cccc(C(=O)Nc2cc3c(cc2Cl)NC(=O)CO3)c1. The van der Waals surface area contributed by atoms with Crippen LogP contribution in [0.4, 0.5) is 17.1 Å². The minimum absolute atomic E-state index is 0.0626. The lowest BCUT2D eigenvalue weighted by Gasteiger charge is -2.20. The first-order chi connectivity index (χ1) is 11.4. The summed E-state index contributed by atoms with van der Waals surface area (Å²) in [7, 11) is 3.81. The van der Waals surface area contributed by atoms with Crippen molar-refractivity contribution < 1.29 is 14.3 Å². The van der Waals surface area contributed by atoms with Crippen LogP contribution in [0.1, 0.15) is 10.4 Å². The molecule has 1 aliphatic rings. The molecule has 6 nitrogen and oxygen atoms in total. The van der Waals surface area contributed by atoms with Gasteiger partial charge in [-0.25, -0.2) is 0 Å². The minimum atomic E-state index is -0.277. The van der Waals surface area contributed by atoms with Gasteiger partial charge in [-0.15, -0.1) is 0 Å². The van der Waals surface area contributed by atoms with Crippen molar-refractivity contribution >= 4 is 40.5 Å². The summed E-state index contributed by atoms with van der Waals surface area (Å²) < 4.78 is 5.34. The second-order valence-corrected chi connectivity index (χ2v) is 5.97. The molecule has 0 aromatic heterocycles. The molecule has 124 valence electrons. The van der Waals surface area contributed by atoms with E-state index in [0.29, 0.717) is 27.7 Å². The number of hydrogen-bond donors (Lipinski definition) is 2. The summed E-state index contributed by atoms with van der Waals surface area (Å²) in [5.74, 6) is -0.0485. The van der Waals surface area contributed by atoms with Crippen LogP contribution < -0.4 is 20.3 Å². The molecule has 0 unspecified atom stereocenters. The highest BCUT2D eigenvalue weighted by Gasteiger charge is 2.19. The largest absolute Gasteiger partial charge is 0.482 e. The Hall–Kier alpha value is -2.73. The van der Waals surface area contributed by atoms with E-state index >= 15 is 0 Å². The van der Waals surface area contributed by atoms with Gasteiger partial charge >= 0.3 is 0 Å². The molecule has 2 N–H and O–H groups in total. The molecule has 1 aliphatic heterocycles. The number of rotatable bonds is 3. The Morgan fingerprint density at radius 2 is 2.08 bits per heavy atom. The fourth-order valence-electron chi connectivity index (χ4n) is 2.32. The van der Waals surface area contributed by atoms with Crippen molar-refractivity contribution in [3.63, 3.8) is 0 Å². The quantitative estimate of drug-likeness (QED) is 0.897. The Morgan fingerprint density at radius 3 is 2.83 bits per heavy atom. The average molecular weight is 346 g/mol. The predicted octanol–water partition coefficient (Wildman–Crippen LogP) is 2.99. The lowest BCUT2D eigenvalue weighted by Crippen LogP contribution is -2.25. The number of ether oxygens (including phenoxy) is 1. The summed E-state index contributed by atoms with van der Waals surface area (Å²) >= 11 is 6.19. The molecule has 2 aromatic carbocycles. The summed E-state index contributed by atoms with van der Waals surface area (Å²) in [5, 5.41) is 5.75. The Labute approximate surface area is 144 Å². The van der Waals surface area contributed by atoms with Crippen molar-refractivity contribution in [1.82, 2.24) is 0 Å². The maximum absolute atomic E-state index is 12.5. The first-order valence-corrected chi connectivity index (χ1v) is 7.67. The third kappa shape index (κ3) is 3.28. The van der Waals surface area contributed by atoms with Gasteiger partial charge in [0.05, 0.1) is 16.4 Å². The van der Waals surface area contributed by atoms with Crippen molar-refractivity contribution in [2.75, 3.05) is 36.2 Å². The molecule has 7 heteroatoms.